The molecule has 3 heterocycles. The van der Waals surface area contributed by atoms with Crippen molar-refractivity contribution in [1.82, 2.24) is 4.98 Å². The molecule has 5 aromatic rings. The summed E-state index contributed by atoms with van der Waals surface area (Å²) in [6.45, 7) is 2.37. The third-order valence-electron chi connectivity index (χ3n) is 7.60. The number of ether oxygens (including phenoxy) is 2. The Morgan fingerprint density at radius 3 is 2.63 bits per heavy atom. The molecule has 1 N–H and O–H groups in total. The number of halogens is 1. The van der Waals surface area contributed by atoms with Gasteiger partial charge in [-0.2, -0.15) is 0 Å². The predicted octanol–water partition coefficient (Wildman–Crippen LogP) is 7.48. The van der Waals surface area contributed by atoms with Crippen molar-refractivity contribution in [3.63, 3.8) is 0 Å². The molecule has 2 atom stereocenters. The van der Waals surface area contributed by atoms with E-state index in [1.165, 1.54) is 16.2 Å². The summed E-state index contributed by atoms with van der Waals surface area (Å²) in [6, 6.07) is 26.7. The number of anilines is 1. The fourth-order valence-corrected chi connectivity index (χ4v) is 6.81. The first-order valence-electron chi connectivity index (χ1n) is 13.8. The average Bonchev–Trinajstić information content (AvgIpc) is 3.68. The Morgan fingerprint density at radius 1 is 1.05 bits per heavy atom. The SMILES string of the molecule is CC1Cc2cc(/C(O)=C3\C(=O)C(=O)N(c4nc5ccc(Cl)cc5s4)C3c3ccc(OCc4ccccc4)cc3)ccc2O1. The molecule has 214 valence electrons. The molecule has 0 spiro atoms. The minimum atomic E-state index is -0.914. The highest BCUT2D eigenvalue weighted by molar-refractivity contribution is 7.22. The maximum absolute atomic E-state index is 13.7. The van der Waals surface area contributed by atoms with Gasteiger partial charge in [-0.05, 0) is 72.1 Å². The Morgan fingerprint density at radius 2 is 1.84 bits per heavy atom. The zero-order valence-electron chi connectivity index (χ0n) is 23.0. The van der Waals surface area contributed by atoms with Crippen LogP contribution in [0.1, 0.15) is 35.2 Å². The number of fused-ring (bicyclic) bond motifs is 2. The number of aromatic nitrogens is 1. The summed E-state index contributed by atoms with van der Waals surface area (Å²) < 4.78 is 12.6. The van der Waals surface area contributed by atoms with E-state index < -0.39 is 17.7 Å². The van der Waals surface area contributed by atoms with E-state index in [2.05, 4.69) is 4.98 Å². The third kappa shape index (κ3) is 5.02. The van der Waals surface area contributed by atoms with Crippen molar-refractivity contribution in [2.75, 3.05) is 4.90 Å². The summed E-state index contributed by atoms with van der Waals surface area (Å²) >= 11 is 7.47. The topological polar surface area (TPSA) is 89.0 Å². The maximum atomic E-state index is 13.7. The molecule has 7 rings (SSSR count). The van der Waals surface area contributed by atoms with Crippen LogP contribution in [0.2, 0.25) is 5.02 Å². The van der Waals surface area contributed by atoms with E-state index in [9.17, 15) is 14.7 Å². The Hall–Kier alpha value is -4.66. The Bertz CT molecular complexity index is 1920. The molecule has 0 radical (unpaired) electrons. The number of Topliss-reactive ketones (excluding diaryl/α,β-unsaturated/α-hetero) is 1. The lowest BCUT2D eigenvalue weighted by atomic mass is 9.94. The van der Waals surface area contributed by atoms with Crippen LogP contribution in [0.4, 0.5) is 5.13 Å². The van der Waals surface area contributed by atoms with Crippen LogP contribution >= 0.6 is 22.9 Å². The fraction of sp³-hybridized carbons (Fsp3) is 0.147. The van der Waals surface area contributed by atoms with Gasteiger partial charge < -0.3 is 14.6 Å². The highest BCUT2D eigenvalue weighted by Gasteiger charge is 2.48. The minimum absolute atomic E-state index is 0.00726. The summed E-state index contributed by atoms with van der Waals surface area (Å²) in [5.74, 6) is -0.414. The predicted molar refractivity (Wildman–Crippen MR) is 167 cm³/mol. The van der Waals surface area contributed by atoms with Crippen molar-refractivity contribution in [3.05, 3.63) is 124 Å². The molecule has 2 aliphatic heterocycles. The van der Waals surface area contributed by atoms with E-state index in [0.717, 1.165) is 21.6 Å². The number of carbonyl (C=O) groups excluding carboxylic acids is 2. The van der Waals surface area contributed by atoms with Crippen LogP contribution in [-0.2, 0) is 22.6 Å². The lowest BCUT2D eigenvalue weighted by Gasteiger charge is -2.23. The van der Waals surface area contributed by atoms with Crippen molar-refractivity contribution in [3.8, 4) is 11.5 Å². The molecule has 1 saturated heterocycles. The van der Waals surface area contributed by atoms with Crippen LogP contribution in [0, 0.1) is 0 Å². The van der Waals surface area contributed by atoms with E-state index in [-0.39, 0.29) is 17.4 Å². The molecule has 1 amide bonds. The van der Waals surface area contributed by atoms with Crippen molar-refractivity contribution in [2.45, 2.75) is 32.1 Å². The van der Waals surface area contributed by atoms with Crippen molar-refractivity contribution < 1.29 is 24.2 Å². The number of hydrogen-bond acceptors (Lipinski definition) is 7. The molecule has 7 nitrogen and oxygen atoms in total. The van der Waals surface area contributed by atoms with E-state index in [1.54, 1.807) is 54.6 Å². The number of carbonyl (C=O) groups is 2. The maximum Gasteiger partial charge on any atom is 0.301 e. The van der Waals surface area contributed by atoms with Gasteiger partial charge in [-0.1, -0.05) is 65.4 Å². The molecule has 0 bridgehead atoms. The molecule has 2 aliphatic rings. The molecule has 9 heteroatoms. The number of rotatable bonds is 6. The Kier molecular flexibility index (Phi) is 6.88. The van der Waals surface area contributed by atoms with Crippen LogP contribution < -0.4 is 14.4 Å². The molecule has 0 saturated carbocycles. The molecule has 1 aromatic heterocycles. The molecule has 1 fully saturated rings. The number of aliphatic hydroxyl groups excluding tert-OH is 1. The van der Waals surface area contributed by atoms with Gasteiger partial charge in [0.1, 0.15) is 30.0 Å². The largest absolute Gasteiger partial charge is 0.507 e. The van der Waals surface area contributed by atoms with E-state index >= 15 is 0 Å². The summed E-state index contributed by atoms with van der Waals surface area (Å²) in [5, 5.41) is 12.5. The minimum Gasteiger partial charge on any atom is -0.507 e. The second-order valence-corrected chi connectivity index (χ2v) is 12.0. The van der Waals surface area contributed by atoms with Gasteiger partial charge in [0.25, 0.3) is 5.78 Å². The van der Waals surface area contributed by atoms with Crippen LogP contribution in [0.5, 0.6) is 11.5 Å². The van der Waals surface area contributed by atoms with E-state index in [4.69, 9.17) is 21.1 Å². The van der Waals surface area contributed by atoms with E-state index in [0.29, 0.717) is 45.6 Å². The monoisotopic (exact) mass is 608 g/mol. The normalized spacial score (nSPS) is 19.1. The van der Waals surface area contributed by atoms with Crippen LogP contribution in [0.15, 0.2) is 96.6 Å². The zero-order valence-corrected chi connectivity index (χ0v) is 24.6. The second-order valence-electron chi connectivity index (χ2n) is 10.6. The van der Waals surface area contributed by atoms with Gasteiger partial charge in [0, 0.05) is 17.0 Å². The highest BCUT2D eigenvalue weighted by atomic mass is 35.5. The van der Waals surface area contributed by atoms with Gasteiger partial charge in [-0.25, -0.2) is 4.98 Å². The van der Waals surface area contributed by atoms with Crippen LogP contribution in [-0.4, -0.2) is 27.9 Å². The van der Waals surface area contributed by atoms with Gasteiger partial charge in [0.2, 0.25) is 0 Å². The zero-order chi connectivity index (χ0) is 29.7. The molecule has 2 unspecified atom stereocenters. The quantitative estimate of drug-likeness (QED) is 0.122. The summed E-state index contributed by atoms with van der Waals surface area (Å²) in [4.78, 5) is 33.4. The highest BCUT2D eigenvalue weighted by Crippen LogP contribution is 2.45. The number of hydrogen-bond donors (Lipinski definition) is 1. The standard InChI is InChI=1S/C34H25ClN2O5S/c1-19-15-23-16-22(9-14-27(23)42-19)31(38)29-30(21-7-11-25(12-8-21)41-18-20-5-3-2-4-6-20)37(33(40)32(29)39)34-36-26-13-10-24(35)17-28(26)43-34/h2-14,16-17,19,30,38H,15,18H2,1H3/b31-29+. The van der Waals surface area contributed by atoms with E-state index in [1.807, 2.05) is 43.3 Å². The average molecular weight is 609 g/mol. The number of ketones is 1. The van der Waals surface area contributed by atoms with Gasteiger partial charge in [-0.3, -0.25) is 14.5 Å². The molecule has 43 heavy (non-hydrogen) atoms. The first-order valence-corrected chi connectivity index (χ1v) is 15.0. The van der Waals surface area contributed by atoms with Gasteiger partial charge in [-0.15, -0.1) is 0 Å². The van der Waals surface area contributed by atoms with Gasteiger partial charge in [0.05, 0.1) is 21.8 Å². The lowest BCUT2D eigenvalue weighted by Crippen LogP contribution is -2.29. The number of aliphatic hydroxyl groups is 1. The van der Waals surface area contributed by atoms with Crippen LogP contribution in [0.25, 0.3) is 16.0 Å². The summed E-state index contributed by atoms with van der Waals surface area (Å²) in [6.07, 6.45) is 0.709. The second kappa shape index (κ2) is 10.9. The first kappa shape index (κ1) is 27.2. The first-order chi connectivity index (χ1) is 20.9. The third-order valence-corrected chi connectivity index (χ3v) is 8.86. The van der Waals surface area contributed by atoms with Crippen molar-refractivity contribution >= 4 is 55.7 Å². The van der Waals surface area contributed by atoms with Gasteiger partial charge in [0.15, 0.2) is 5.13 Å². The lowest BCUT2D eigenvalue weighted by molar-refractivity contribution is -0.132. The Balaban J connectivity index is 1.31. The van der Waals surface area contributed by atoms with Crippen LogP contribution in [0.3, 0.4) is 0 Å². The van der Waals surface area contributed by atoms with Crippen molar-refractivity contribution in [2.24, 2.45) is 0 Å². The molecular weight excluding hydrogens is 584 g/mol. The van der Waals surface area contributed by atoms with Gasteiger partial charge >= 0.3 is 5.91 Å². The summed E-state index contributed by atoms with van der Waals surface area (Å²) in [5.41, 5.74) is 3.69. The fourth-order valence-electron chi connectivity index (χ4n) is 5.55. The number of nitrogens with zero attached hydrogens (tertiary/aromatic N) is 2. The molecule has 4 aromatic carbocycles. The molecule has 0 aliphatic carbocycles. The number of amides is 1. The molecular formula is C34H25ClN2O5S. The Labute approximate surface area is 256 Å². The smallest absolute Gasteiger partial charge is 0.301 e. The summed E-state index contributed by atoms with van der Waals surface area (Å²) in [7, 11) is 0. The van der Waals surface area contributed by atoms with Crippen molar-refractivity contribution in [1.29, 1.82) is 0 Å². The number of benzene rings is 4. The number of thiazole rings is 1.